The lowest BCUT2D eigenvalue weighted by molar-refractivity contribution is -0.144. The number of benzene rings is 4. The van der Waals surface area contributed by atoms with E-state index in [0.717, 1.165) is 40.7 Å². The zero-order valence-electron chi connectivity index (χ0n) is 29.8. The van der Waals surface area contributed by atoms with Gasteiger partial charge in [-0.1, -0.05) is 124 Å². The molecule has 0 fully saturated rings. The van der Waals surface area contributed by atoms with Crippen molar-refractivity contribution in [2.45, 2.75) is 66.2 Å². The molecule has 4 rings (SSSR count). The third-order valence-electron chi connectivity index (χ3n) is 8.99. The molecule has 0 aliphatic carbocycles. The van der Waals surface area contributed by atoms with Crippen molar-refractivity contribution < 1.29 is 24.2 Å². The minimum absolute atomic E-state index is 0.00573. The van der Waals surface area contributed by atoms with Crippen molar-refractivity contribution in [1.29, 1.82) is 0 Å². The van der Waals surface area contributed by atoms with Gasteiger partial charge in [0.25, 0.3) is 0 Å². The smallest absolute Gasteiger partial charge is 0.335 e. The van der Waals surface area contributed by atoms with E-state index in [-0.39, 0.29) is 24.7 Å². The van der Waals surface area contributed by atoms with Crippen LogP contribution in [0.15, 0.2) is 103 Å². The third-order valence-corrected chi connectivity index (χ3v) is 9.31. The highest BCUT2D eigenvalue weighted by Crippen LogP contribution is 2.35. The first kappa shape index (κ1) is 38.4. The minimum atomic E-state index is -0.682. The lowest BCUT2D eigenvalue weighted by Crippen LogP contribution is -2.24. The van der Waals surface area contributed by atoms with Crippen LogP contribution in [0.4, 0.5) is 0 Å². The number of unbranched alkanes of at least 4 members (excludes halogenated alkanes) is 2. The van der Waals surface area contributed by atoms with E-state index in [1.807, 2.05) is 30.3 Å². The van der Waals surface area contributed by atoms with Crippen LogP contribution < -0.4 is 0 Å². The van der Waals surface area contributed by atoms with Crippen molar-refractivity contribution in [2.75, 3.05) is 19.8 Å². The van der Waals surface area contributed by atoms with Crippen molar-refractivity contribution in [2.24, 2.45) is 5.92 Å². The van der Waals surface area contributed by atoms with Gasteiger partial charge in [-0.15, -0.1) is 0 Å². The molecule has 0 bridgehead atoms. The molecule has 1 N–H and O–H groups in total. The Kier molecular flexibility index (Phi) is 14.2. The first-order chi connectivity index (χ1) is 24.0. The van der Waals surface area contributed by atoms with Crippen molar-refractivity contribution >= 4 is 23.5 Å². The summed E-state index contributed by atoms with van der Waals surface area (Å²) in [4.78, 5) is 24.1. The summed E-state index contributed by atoms with van der Waals surface area (Å²) in [5, 5.41) is 9.85. The zero-order chi connectivity index (χ0) is 36.2. The van der Waals surface area contributed by atoms with Gasteiger partial charge in [0.1, 0.15) is 0 Å². The molecule has 0 spiro atoms. The Morgan fingerprint density at radius 3 is 2.00 bits per heavy atom. The van der Waals surface area contributed by atoms with Crippen LogP contribution in [-0.2, 0) is 38.3 Å². The van der Waals surface area contributed by atoms with Gasteiger partial charge in [-0.25, -0.2) is 9.59 Å². The number of carbonyl (C=O) groups is 2. The van der Waals surface area contributed by atoms with Crippen LogP contribution in [0.25, 0.3) is 33.4 Å². The number of rotatable bonds is 17. The van der Waals surface area contributed by atoms with E-state index in [1.54, 1.807) is 6.92 Å². The van der Waals surface area contributed by atoms with Gasteiger partial charge in [0, 0.05) is 22.1 Å². The van der Waals surface area contributed by atoms with Gasteiger partial charge in [-0.3, -0.25) is 0 Å². The third kappa shape index (κ3) is 10.3. The van der Waals surface area contributed by atoms with Gasteiger partial charge in [-0.05, 0) is 95.7 Å². The molecule has 5 nitrogen and oxygen atoms in total. The van der Waals surface area contributed by atoms with Crippen LogP contribution in [0, 0.1) is 12.8 Å². The summed E-state index contributed by atoms with van der Waals surface area (Å²) in [6.45, 7) is 14.9. The van der Waals surface area contributed by atoms with Gasteiger partial charge in [0.2, 0.25) is 0 Å². The molecule has 1 unspecified atom stereocenters. The molecule has 262 valence electrons. The summed E-state index contributed by atoms with van der Waals surface area (Å²) in [5.41, 5.74) is 11.9. The first-order valence-corrected chi connectivity index (χ1v) is 17.8. The molecule has 6 heteroatoms. The fourth-order valence-electron chi connectivity index (χ4n) is 6.03. The number of hydrogen-bond donors (Lipinski definition) is 1. The number of esters is 2. The summed E-state index contributed by atoms with van der Waals surface area (Å²) in [6, 6.07) is 27.7. The molecule has 4 aromatic rings. The van der Waals surface area contributed by atoms with Crippen LogP contribution in [-0.4, -0.2) is 36.9 Å². The Labute approximate surface area is 302 Å². The number of hydrogen-bond acceptors (Lipinski definition) is 5. The molecule has 1 atom stereocenters. The highest BCUT2D eigenvalue weighted by atomic mass is 35.5. The topological polar surface area (TPSA) is 72.8 Å². The van der Waals surface area contributed by atoms with E-state index in [0.29, 0.717) is 17.0 Å². The highest BCUT2D eigenvalue weighted by Gasteiger charge is 2.18. The number of halogens is 1. The predicted molar refractivity (Wildman–Crippen MR) is 205 cm³/mol. The van der Waals surface area contributed by atoms with Crippen LogP contribution in [0.1, 0.15) is 62.3 Å². The summed E-state index contributed by atoms with van der Waals surface area (Å²) in [6.07, 6.45) is 6.42. The van der Waals surface area contributed by atoms with Crippen molar-refractivity contribution in [3.8, 4) is 33.4 Å². The SMILES string of the molecule is C=C(C)C(=O)OCC(COC(=O)C(=C)CO)Cc1ccc(-c2ccc(-c3ccc(-c4ccc(CCCCC)c(CC)c4)c(C)c3)c(Cl)c2)cc1. The fourth-order valence-corrected chi connectivity index (χ4v) is 6.31. The van der Waals surface area contributed by atoms with Crippen molar-refractivity contribution in [3.05, 3.63) is 130 Å². The number of aliphatic hydroxyl groups excluding tert-OH is 1. The normalized spacial score (nSPS) is 11.6. The standard InChI is InChI=1S/C44H49ClO5/c1-7-9-10-11-35-16-17-39(24-34(35)8-2)40-20-19-38(22-30(40)5)41-21-18-37(25-42(41)45)36-14-12-32(13-15-36)23-33(27-49-43(47)29(3)4)28-50-44(48)31(6)26-46/h12-22,24-25,33,46H,3,6-11,23,26-28H2,1-2,4-5H3. The second kappa shape index (κ2) is 18.5. The number of ether oxygens (including phenoxy) is 2. The number of carbonyl (C=O) groups excluding carboxylic acids is 2. The van der Waals surface area contributed by atoms with Gasteiger partial charge in [-0.2, -0.15) is 0 Å². The van der Waals surface area contributed by atoms with Crippen LogP contribution >= 0.6 is 11.6 Å². The van der Waals surface area contributed by atoms with E-state index in [2.05, 4.69) is 82.5 Å². The van der Waals surface area contributed by atoms with Gasteiger partial charge >= 0.3 is 11.9 Å². The summed E-state index contributed by atoms with van der Waals surface area (Å²) < 4.78 is 10.7. The molecule has 0 heterocycles. The molecule has 0 aromatic heterocycles. The van der Waals surface area contributed by atoms with Crippen molar-refractivity contribution in [3.63, 3.8) is 0 Å². The second-order valence-electron chi connectivity index (χ2n) is 13.0. The maximum Gasteiger partial charge on any atom is 0.335 e. The lowest BCUT2D eigenvalue weighted by atomic mass is 9.91. The van der Waals surface area contributed by atoms with E-state index in [4.69, 9.17) is 21.1 Å². The maximum atomic E-state index is 12.1. The van der Waals surface area contributed by atoms with E-state index in [9.17, 15) is 14.7 Å². The summed E-state index contributed by atoms with van der Waals surface area (Å²) in [7, 11) is 0. The Hall–Kier alpha value is -4.45. The van der Waals surface area contributed by atoms with Crippen molar-refractivity contribution in [1.82, 2.24) is 0 Å². The Morgan fingerprint density at radius 1 is 0.760 bits per heavy atom. The average molecular weight is 693 g/mol. The predicted octanol–water partition coefficient (Wildman–Crippen LogP) is 10.3. The molecule has 0 saturated carbocycles. The molecule has 0 saturated heterocycles. The molecule has 0 aliphatic heterocycles. The van der Waals surface area contributed by atoms with Gasteiger partial charge in [0.15, 0.2) is 0 Å². The van der Waals surface area contributed by atoms with E-state index >= 15 is 0 Å². The number of aliphatic hydroxyl groups is 1. The summed E-state index contributed by atoms with van der Waals surface area (Å²) >= 11 is 6.90. The Morgan fingerprint density at radius 2 is 1.38 bits per heavy atom. The minimum Gasteiger partial charge on any atom is -0.462 e. The quantitative estimate of drug-likeness (QED) is 0.0677. The summed E-state index contributed by atoms with van der Waals surface area (Å²) in [5.74, 6) is -1.48. The molecule has 50 heavy (non-hydrogen) atoms. The Bertz CT molecular complexity index is 1820. The molecule has 0 amide bonds. The average Bonchev–Trinajstić information content (AvgIpc) is 3.12. The monoisotopic (exact) mass is 692 g/mol. The molecule has 0 radical (unpaired) electrons. The largest absolute Gasteiger partial charge is 0.462 e. The van der Waals surface area contributed by atoms with Gasteiger partial charge < -0.3 is 14.6 Å². The second-order valence-corrected chi connectivity index (χ2v) is 13.4. The zero-order valence-corrected chi connectivity index (χ0v) is 30.6. The van der Waals surface area contributed by atoms with Crippen LogP contribution in [0.3, 0.4) is 0 Å². The first-order valence-electron chi connectivity index (χ1n) is 17.4. The van der Waals surface area contributed by atoms with Gasteiger partial charge in [0.05, 0.1) is 25.4 Å². The highest BCUT2D eigenvalue weighted by molar-refractivity contribution is 6.33. The number of aryl methyl sites for hydroxylation is 3. The molecule has 4 aromatic carbocycles. The maximum absolute atomic E-state index is 12.1. The van der Waals surface area contributed by atoms with Crippen LogP contribution in [0.5, 0.6) is 0 Å². The molecular formula is C44H49ClO5. The lowest BCUT2D eigenvalue weighted by Gasteiger charge is -2.18. The van der Waals surface area contributed by atoms with E-state index < -0.39 is 18.5 Å². The molecular weight excluding hydrogens is 644 g/mol. The molecule has 0 aliphatic rings. The van der Waals surface area contributed by atoms with Crippen LogP contribution in [0.2, 0.25) is 5.02 Å². The fraction of sp³-hybridized carbons (Fsp3) is 0.318. The van der Waals surface area contributed by atoms with E-state index in [1.165, 1.54) is 47.1 Å². The Balaban J connectivity index is 1.47.